The summed E-state index contributed by atoms with van der Waals surface area (Å²) in [6.07, 6.45) is 2.76. The minimum absolute atomic E-state index is 0.220. The van der Waals surface area contributed by atoms with Gasteiger partial charge in [-0.25, -0.2) is 0 Å². The van der Waals surface area contributed by atoms with Crippen LogP contribution < -0.4 is 4.74 Å². The summed E-state index contributed by atoms with van der Waals surface area (Å²) < 4.78 is 40.8. The monoisotopic (exact) mass is 242 g/mol. The lowest BCUT2D eigenvalue weighted by atomic mass is 10.1. The van der Waals surface area contributed by atoms with Crippen LogP contribution in [0.4, 0.5) is 0 Å². The topological polar surface area (TPSA) is 72.8 Å². The first-order valence-corrected chi connectivity index (χ1v) is 6.16. The lowest BCUT2D eigenvalue weighted by Crippen LogP contribution is -2.05. The number of benzene rings is 1. The fourth-order valence-electron chi connectivity index (χ4n) is 1.49. The van der Waals surface area contributed by atoms with Gasteiger partial charge in [0.2, 0.25) is 0 Å². The average molecular weight is 242 g/mol. The number of hydrogen-bond acceptors (Lipinski definition) is 4. The maximum Gasteiger partial charge on any atom is 0.269 e. The Hall–Kier alpha value is -1.53. The van der Waals surface area contributed by atoms with Crippen molar-refractivity contribution in [2.75, 3.05) is 0 Å². The van der Waals surface area contributed by atoms with E-state index in [9.17, 15) is 8.42 Å². The molecule has 0 fully saturated rings. The molecule has 0 bridgehead atoms. The van der Waals surface area contributed by atoms with Crippen molar-refractivity contribution < 1.29 is 22.4 Å². The molecule has 5 nitrogen and oxygen atoms in total. The summed E-state index contributed by atoms with van der Waals surface area (Å²) in [5, 5.41) is 0. The third-order valence-corrected chi connectivity index (χ3v) is 2.82. The maximum atomic E-state index is 10.8. The van der Waals surface area contributed by atoms with E-state index in [0.717, 1.165) is 0 Å². The first-order valence-electron chi connectivity index (χ1n) is 4.55. The summed E-state index contributed by atoms with van der Waals surface area (Å²) in [6.45, 7) is 0.220. The molecular weight excluding hydrogens is 232 g/mol. The fourth-order valence-corrected chi connectivity index (χ4v) is 2.15. The van der Waals surface area contributed by atoms with Gasteiger partial charge >= 0.3 is 0 Å². The molecular formula is C10H10O5S. The molecule has 1 aromatic carbocycles. The summed E-state index contributed by atoms with van der Waals surface area (Å²) in [4.78, 5) is 0. The third-order valence-electron chi connectivity index (χ3n) is 2.14. The normalized spacial score (nSPS) is 14.6. The largest absolute Gasteiger partial charge is 0.493 e. The van der Waals surface area contributed by atoms with Crippen molar-refractivity contribution >= 4 is 10.1 Å². The van der Waals surface area contributed by atoms with Crippen molar-refractivity contribution in [3.8, 4) is 5.75 Å². The standard InChI is InChI=1S/C10H10O5S/c11-16(12,13)7-8-2-1-3-10-9(8)6-14-4-5-15-10/h1-5H,6-7H2,(H,11,12,13). The SMILES string of the molecule is O=S(=O)(O)Cc1cccc2c1COC=CO2. The molecule has 16 heavy (non-hydrogen) atoms. The average Bonchev–Trinajstić information content (AvgIpc) is 2.41. The molecule has 1 aliphatic heterocycles. The van der Waals surface area contributed by atoms with Crippen molar-refractivity contribution in [3.05, 3.63) is 41.9 Å². The molecule has 1 aliphatic rings. The minimum Gasteiger partial charge on any atom is -0.493 e. The first kappa shape index (κ1) is 11.0. The van der Waals surface area contributed by atoms with Crippen LogP contribution in [-0.4, -0.2) is 13.0 Å². The molecule has 86 valence electrons. The summed E-state index contributed by atoms with van der Waals surface area (Å²) in [6, 6.07) is 4.99. The van der Waals surface area contributed by atoms with E-state index < -0.39 is 15.9 Å². The van der Waals surface area contributed by atoms with E-state index in [0.29, 0.717) is 16.9 Å². The Labute approximate surface area is 93.1 Å². The van der Waals surface area contributed by atoms with Gasteiger partial charge in [0, 0.05) is 5.56 Å². The third kappa shape index (κ3) is 2.53. The van der Waals surface area contributed by atoms with E-state index in [2.05, 4.69) is 0 Å². The van der Waals surface area contributed by atoms with E-state index in [1.807, 2.05) is 0 Å². The predicted octanol–water partition coefficient (Wildman–Crippen LogP) is 1.45. The van der Waals surface area contributed by atoms with E-state index in [4.69, 9.17) is 14.0 Å². The number of ether oxygens (including phenoxy) is 2. The Morgan fingerprint density at radius 1 is 1.31 bits per heavy atom. The van der Waals surface area contributed by atoms with E-state index in [-0.39, 0.29) is 6.61 Å². The second-order valence-corrected chi connectivity index (χ2v) is 4.77. The van der Waals surface area contributed by atoms with Crippen LogP contribution in [0.5, 0.6) is 5.75 Å². The van der Waals surface area contributed by atoms with Gasteiger partial charge in [0.05, 0.1) is 0 Å². The van der Waals surface area contributed by atoms with Crippen molar-refractivity contribution in [2.24, 2.45) is 0 Å². The van der Waals surface area contributed by atoms with Crippen LogP contribution in [0.1, 0.15) is 11.1 Å². The van der Waals surface area contributed by atoms with Crippen LogP contribution in [0.2, 0.25) is 0 Å². The summed E-state index contributed by atoms with van der Waals surface area (Å²) >= 11 is 0. The lowest BCUT2D eigenvalue weighted by Gasteiger charge is -2.09. The number of rotatable bonds is 2. The molecule has 1 N–H and O–H groups in total. The van der Waals surface area contributed by atoms with Gasteiger partial charge in [0.1, 0.15) is 30.6 Å². The molecule has 0 radical (unpaired) electrons. The van der Waals surface area contributed by atoms with Crippen LogP contribution in [0.3, 0.4) is 0 Å². The van der Waals surface area contributed by atoms with Gasteiger partial charge in [0.15, 0.2) is 0 Å². The Kier molecular flexibility index (Phi) is 2.84. The Bertz CT molecular complexity index is 518. The molecule has 2 rings (SSSR count). The van der Waals surface area contributed by atoms with Gasteiger partial charge in [-0.15, -0.1) is 0 Å². The number of hydrogen-bond donors (Lipinski definition) is 1. The molecule has 0 aromatic heterocycles. The highest BCUT2D eigenvalue weighted by molar-refractivity contribution is 7.85. The lowest BCUT2D eigenvalue weighted by molar-refractivity contribution is 0.236. The Balaban J connectivity index is 2.41. The van der Waals surface area contributed by atoms with Crippen LogP contribution in [0.25, 0.3) is 0 Å². The van der Waals surface area contributed by atoms with Gasteiger partial charge in [-0.05, 0) is 11.6 Å². The van der Waals surface area contributed by atoms with Crippen LogP contribution in [0.15, 0.2) is 30.7 Å². The van der Waals surface area contributed by atoms with Crippen LogP contribution in [-0.2, 0) is 27.2 Å². The molecule has 0 unspecified atom stereocenters. The molecule has 0 amide bonds. The maximum absolute atomic E-state index is 10.8. The fraction of sp³-hybridized carbons (Fsp3) is 0.200. The van der Waals surface area contributed by atoms with Gasteiger partial charge in [0.25, 0.3) is 10.1 Å². The van der Waals surface area contributed by atoms with Gasteiger partial charge in [-0.3, -0.25) is 4.55 Å². The molecule has 1 heterocycles. The molecule has 0 aliphatic carbocycles. The van der Waals surface area contributed by atoms with Crippen molar-refractivity contribution in [1.82, 2.24) is 0 Å². The van der Waals surface area contributed by atoms with E-state index >= 15 is 0 Å². The highest BCUT2D eigenvalue weighted by Crippen LogP contribution is 2.26. The predicted molar refractivity (Wildman–Crippen MR) is 56.3 cm³/mol. The number of fused-ring (bicyclic) bond motifs is 1. The van der Waals surface area contributed by atoms with Crippen molar-refractivity contribution in [2.45, 2.75) is 12.4 Å². The van der Waals surface area contributed by atoms with Crippen molar-refractivity contribution in [1.29, 1.82) is 0 Å². The van der Waals surface area contributed by atoms with Crippen molar-refractivity contribution in [3.63, 3.8) is 0 Å². The van der Waals surface area contributed by atoms with E-state index in [1.54, 1.807) is 18.2 Å². The van der Waals surface area contributed by atoms with Crippen LogP contribution in [0, 0.1) is 0 Å². The molecule has 0 saturated carbocycles. The van der Waals surface area contributed by atoms with Gasteiger partial charge < -0.3 is 9.47 Å². The molecule has 0 saturated heterocycles. The zero-order valence-electron chi connectivity index (χ0n) is 8.29. The summed E-state index contributed by atoms with van der Waals surface area (Å²) in [5.74, 6) is 0.0954. The smallest absolute Gasteiger partial charge is 0.269 e. The zero-order chi connectivity index (χ0) is 11.6. The summed E-state index contributed by atoms with van der Waals surface area (Å²) in [5.41, 5.74) is 1.11. The molecule has 6 heteroatoms. The van der Waals surface area contributed by atoms with Crippen LogP contribution >= 0.6 is 0 Å². The quantitative estimate of drug-likeness (QED) is 0.795. The Morgan fingerprint density at radius 2 is 2.12 bits per heavy atom. The zero-order valence-corrected chi connectivity index (χ0v) is 9.11. The molecule has 0 atom stereocenters. The minimum atomic E-state index is -4.05. The molecule has 0 spiro atoms. The van der Waals surface area contributed by atoms with E-state index in [1.165, 1.54) is 12.5 Å². The Morgan fingerprint density at radius 3 is 2.88 bits per heavy atom. The van der Waals surface area contributed by atoms with Gasteiger partial charge in [-0.2, -0.15) is 8.42 Å². The molecule has 1 aromatic rings. The highest BCUT2D eigenvalue weighted by atomic mass is 32.2. The second kappa shape index (κ2) is 4.15. The summed E-state index contributed by atoms with van der Waals surface area (Å²) in [7, 11) is -4.05. The van der Waals surface area contributed by atoms with Gasteiger partial charge in [-0.1, -0.05) is 12.1 Å². The highest BCUT2D eigenvalue weighted by Gasteiger charge is 2.16. The first-order chi connectivity index (χ1) is 7.56. The second-order valence-electron chi connectivity index (χ2n) is 3.32.